The number of phenols is 2. The van der Waals surface area contributed by atoms with Gasteiger partial charge in [-0.25, -0.2) is 0 Å². The lowest BCUT2D eigenvalue weighted by atomic mass is 9.83. The number of hydrogen-bond acceptors (Lipinski definition) is 6. The molecule has 3 N–H and O–H groups in total. The molecule has 1 saturated heterocycles. The third-order valence-corrected chi connectivity index (χ3v) is 4.94. The first kappa shape index (κ1) is 18.4. The van der Waals surface area contributed by atoms with Gasteiger partial charge >= 0.3 is 0 Å². The smallest absolute Gasteiger partial charge is 0.160 e. The predicted octanol–water partition coefficient (Wildman–Crippen LogP) is 2.65. The van der Waals surface area contributed by atoms with E-state index >= 15 is 0 Å². The first-order valence-corrected chi connectivity index (χ1v) is 8.52. The van der Waals surface area contributed by atoms with Crippen LogP contribution in [0, 0.1) is 11.8 Å². The summed E-state index contributed by atoms with van der Waals surface area (Å²) in [6, 6.07) is 10.1. The fraction of sp³-hybridized carbons (Fsp3) is 0.400. The highest BCUT2D eigenvalue weighted by Gasteiger charge is 2.35. The molecule has 1 aliphatic heterocycles. The molecule has 2 aromatic carbocycles. The number of hydrogen-bond donors (Lipinski definition) is 3. The maximum absolute atomic E-state index is 10.8. The van der Waals surface area contributed by atoms with Gasteiger partial charge < -0.3 is 29.5 Å². The first-order chi connectivity index (χ1) is 12.5. The van der Waals surface area contributed by atoms with Crippen molar-refractivity contribution in [3.05, 3.63) is 47.5 Å². The standard InChI is InChI=1S/C20H24O6/c1-24-18-8-12(3-5-16(18)21)7-14-10-26-11-15(14)20(23)13-4-6-17(22)19(9-13)25-2/h3-6,8-9,14-15,20-23H,7,10-11H2,1-2H3/t14-,15+,20+/m1/s1. The Labute approximate surface area is 152 Å². The molecular formula is C20H24O6. The van der Waals surface area contributed by atoms with Gasteiger partial charge in [0.25, 0.3) is 0 Å². The minimum atomic E-state index is -0.726. The molecule has 6 heteroatoms. The van der Waals surface area contributed by atoms with Crippen LogP contribution in [0.3, 0.4) is 0 Å². The number of methoxy groups -OCH3 is 2. The lowest BCUT2D eigenvalue weighted by molar-refractivity contribution is 0.0809. The van der Waals surface area contributed by atoms with Gasteiger partial charge in [-0.2, -0.15) is 0 Å². The Morgan fingerprint density at radius 2 is 1.65 bits per heavy atom. The summed E-state index contributed by atoms with van der Waals surface area (Å²) < 4.78 is 15.9. The van der Waals surface area contributed by atoms with E-state index in [9.17, 15) is 15.3 Å². The zero-order valence-corrected chi connectivity index (χ0v) is 14.9. The molecule has 140 valence electrons. The molecule has 0 bridgehead atoms. The van der Waals surface area contributed by atoms with Crippen LogP contribution in [0.1, 0.15) is 17.2 Å². The third-order valence-electron chi connectivity index (χ3n) is 4.94. The van der Waals surface area contributed by atoms with E-state index in [-0.39, 0.29) is 23.3 Å². The molecule has 0 aromatic heterocycles. The van der Waals surface area contributed by atoms with Gasteiger partial charge in [0.2, 0.25) is 0 Å². The summed E-state index contributed by atoms with van der Waals surface area (Å²) in [5.74, 6) is 0.954. The van der Waals surface area contributed by atoms with Crippen molar-refractivity contribution < 1.29 is 29.5 Å². The number of aliphatic hydroxyl groups excluding tert-OH is 1. The molecule has 0 saturated carbocycles. The van der Waals surface area contributed by atoms with Crippen molar-refractivity contribution in [2.75, 3.05) is 27.4 Å². The second-order valence-corrected chi connectivity index (χ2v) is 6.55. The Balaban J connectivity index is 1.77. The second-order valence-electron chi connectivity index (χ2n) is 6.55. The number of aromatic hydroxyl groups is 2. The molecule has 0 spiro atoms. The Kier molecular flexibility index (Phi) is 5.54. The monoisotopic (exact) mass is 360 g/mol. The van der Waals surface area contributed by atoms with Crippen molar-refractivity contribution in [2.24, 2.45) is 11.8 Å². The molecule has 0 radical (unpaired) electrons. The molecule has 0 unspecified atom stereocenters. The van der Waals surface area contributed by atoms with Crippen molar-refractivity contribution >= 4 is 0 Å². The summed E-state index contributed by atoms with van der Waals surface area (Å²) >= 11 is 0. The van der Waals surface area contributed by atoms with Gasteiger partial charge in [-0.05, 0) is 47.7 Å². The molecule has 0 aliphatic carbocycles. The highest BCUT2D eigenvalue weighted by atomic mass is 16.5. The van der Waals surface area contributed by atoms with Crippen LogP contribution in [0.4, 0.5) is 0 Å². The second kappa shape index (κ2) is 7.85. The van der Waals surface area contributed by atoms with Crippen LogP contribution >= 0.6 is 0 Å². The summed E-state index contributed by atoms with van der Waals surface area (Å²) in [7, 11) is 2.99. The number of aliphatic hydroxyl groups is 1. The maximum Gasteiger partial charge on any atom is 0.160 e. The van der Waals surface area contributed by atoms with Crippen molar-refractivity contribution in [3.8, 4) is 23.0 Å². The number of ether oxygens (including phenoxy) is 3. The first-order valence-electron chi connectivity index (χ1n) is 8.52. The van der Waals surface area contributed by atoms with E-state index in [0.29, 0.717) is 36.7 Å². The molecule has 3 rings (SSSR count). The summed E-state index contributed by atoms with van der Waals surface area (Å²) in [5.41, 5.74) is 1.69. The molecule has 6 nitrogen and oxygen atoms in total. The van der Waals surface area contributed by atoms with Crippen molar-refractivity contribution in [1.82, 2.24) is 0 Å². The maximum atomic E-state index is 10.8. The number of phenolic OH excluding ortho intramolecular Hbond substituents is 2. The Morgan fingerprint density at radius 3 is 2.35 bits per heavy atom. The average Bonchev–Trinajstić information content (AvgIpc) is 3.11. The normalized spacial score (nSPS) is 20.7. The zero-order chi connectivity index (χ0) is 18.7. The fourth-order valence-corrected chi connectivity index (χ4v) is 3.45. The quantitative estimate of drug-likeness (QED) is 0.734. The Hall–Kier alpha value is -2.44. The van der Waals surface area contributed by atoms with E-state index in [1.165, 1.54) is 20.3 Å². The number of benzene rings is 2. The van der Waals surface area contributed by atoms with Gasteiger partial charge in [0.1, 0.15) is 0 Å². The molecule has 1 aliphatic rings. The molecule has 1 fully saturated rings. The fourth-order valence-electron chi connectivity index (χ4n) is 3.45. The van der Waals surface area contributed by atoms with Crippen LogP contribution in [-0.2, 0) is 11.2 Å². The summed E-state index contributed by atoms with van der Waals surface area (Å²) in [6.07, 6.45) is -0.0239. The highest BCUT2D eigenvalue weighted by Crippen LogP contribution is 2.38. The SMILES string of the molecule is COc1cc(C[C@@H]2COC[C@@H]2[C@@H](O)c2ccc(O)c(OC)c2)ccc1O. The lowest BCUT2D eigenvalue weighted by Gasteiger charge is -2.24. The van der Waals surface area contributed by atoms with Gasteiger partial charge in [-0.3, -0.25) is 0 Å². The minimum Gasteiger partial charge on any atom is -0.504 e. The van der Waals surface area contributed by atoms with Gasteiger partial charge in [0.05, 0.1) is 33.5 Å². The lowest BCUT2D eigenvalue weighted by Crippen LogP contribution is -2.22. The van der Waals surface area contributed by atoms with Crippen LogP contribution in [-0.4, -0.2) is 42.8 Å². The zero-order valence-electron chi connectivity index (χ0n) is 14.9. The molecule has 26 heavy (non-hydrogen) atoms. The van der Waals surface area contributed by atoms with Gasteiger partial charge in [0, 0.05) is 5.92 Å². The molecule has 1 heterocycles. The molecule has 2 aromatic rings. The largest absolute Gasteiger partial charge is 0.504 e. The van der Waals surface area contributed by atoms with Crippen LogP contribution in [0.25, 0.3) is 0 Å². The van der Waals surface area contributed by atoms with Crippen LogP contribution in [0.5, 0.6) is 23.0 Å². The topological polar surface area (TPSA) is 88.4 Å². The predicted molar refractivity (Wildman–Crippen MR) is 95.8 cm³/mol. The van der Waals surface area contributed by atoms with Crippen molar-refractivity contribution in [1.29, 1.82) is 0 Å². The van der Waals surface area contributed by atoms with Crippen LogP contribution in [0.15, 0.2) is 36.4 Å². The summed E-state index contributed by atoms with van der Waals surface area (Å²) in [6.45, 7) is 1.02. The number of rotatable bonds is 6. The van der Waals surface area contributed by atoms with E-state index in [2.05, 4.69) is 0 Å². The van der Waals surface area contributed by atoms with Crippen LogP contribution < -0.4 is 9.47 Å². The van der Waals surface area contributed by atoms with E-state index in [0.717, 1.165) is 5.56 Å². The van der Waals surface area contributed by atoms with Crippen molar-refractivity contribution in [3.63, 3.8) is 0 Å². The van der Waals surface area contributed by atoms with E-state index in [4.69, 9.17) is 14.2 Å². The molecular weight excluding hydrogens is 336 g/mol. The van der Waals surface area contributed by atoms with E-state index in [1.54, 1.807) is 24.3 Å². The third kappa shape index (κ3) is 3.71. The molecule has 3 atom stereocenters. The summed E-state index contributed by atoms with van der Waals surface area (Å²) in [5, 5.41) is 30.3. The van der Waals surface area contributed by atoms with Gasteiger partial charge in [-0.15, -0.1) is 0 Å². The van der Waals surface area contributed by atoms with E-state index < -0.39 is 6.10 Å². The average molecular weight is 360 g/mol. The minimum absolute atomic E-state index is 0.0406. The Morgan fingerprint density at radius 1 is 1.00 bits per heavy atom. The van der Waals surface area contributed by atoms with Gasteiger partial charge in [0.15, 0.2) is 23.0 Å². The molecule has 0 amide bonds. The van der Waals surface area contributed by atoms with Crippen LogP contribution in [0.2, 0.25) is 0 Å². The van der Waals surface area contributed by atoms with Gasteiger partial charge in [-0.1, -0.05) is 12.1 Å². The Bertz CT molecular complexity index is 760. The summed E-state index contributed by atoms with van der Waals surface area (Å²) in [4.78, 5) is 0. The van der Waals surface area contributed by atoms with Crippen molar-refractivity contribution in [2.45, 2.75) is 12.5 Å². The van der Waals surface area contributed by atoms with E-state index in [1.807, 2.05) is 6.07 Å². The highest BCUT2D eigenvalue weighted by molar-refractivity contribution is 5.43.